The standard InChI is InChI=1S/C16H27NO4/c1-21-16(8-3-2-4-9-16)11-17-14(18)12-6-5-7-13(10-12)15(19)20/h12-13H,2-11H2,1H3,(H,17,18)(H,19,20). The van der Waals surface area contributed by atoms with Crippen LogP contribution in [0.1, 0.15) is 57.8 Å². The summed E-state index contributed by atoms with van der Waals surface area (Å²) in [6.45, 7) is 0.552. The monoisotopic (exact) mass is 297 g/mol. The zero-order chi connectivity index (χ0) is 15.3. The Bertz CT molecular complexity index is 376. The van der Waals surface area contributed by atoms with Crippen molar-refractivity contribution >= 4 is 11.9 Å². The number of carbonyl (C=O) groups is 2. The molecule has 2 unspecified atom stereocenters. The molecule has 120 valence electrons. The summed E-state index contributed by atoms with van der Waals surface area (Å²) >= 11 is 0. The average Bonchev–Trinajstić information content (AvgIpc) is 2.53. The van der Waals surface area contributed by atoms with Gasteiger partial charge in [0.2, 0.25) is 5.91 Å². The molecule has 1 amide bonds. The molecule has 2 aliphatic carbocycles. The minimum Gasteiger partial charge on any atom is -0.481 e. The van der Waals surface area contributed by atoms with Crippen LogP contribution in [0.15, 0.2) is 0 Å². The highest BCUT2D eigenvalue weighted by Crippen LogP contribution is 2.32. The number of methoxy groups -OCH3 is 1. The Morgan fingerprint density at radius 2 is 1.81 bits per heavy atom. The third-order valence-electron chi connectivity index (χ3n) is 5.18. The van der Waals surface area contributed by atoms with E-state index in [1.807, 2.05) is 0 Å². The smallest absolute Gasteiger partial charge is 0.306 e. The van der Waals surface area contributed by atoms with E-state index in [0.29, 0.717) is 19.4 Å². The van der Waals surface area contributed by atoms with E-state index in [-0.39, 0.29) is 23.3 Å². The van der Waals surface area contributed by atoms with Crippen LogP contribution in [0, 0.1) is 11.8 Å². The van der Waals surface area contributed by atoms with Crippen LogP contribution >= 0.6 is 0 Å². The van der Waals surface area contributed by atoms with E-state index in [1.54, 1.807) is 7.11 Å². The second-order valence-corrected chi connectivity index (χ2v) is 6.56. The summed E-state index contributed by atoms with van der Waals surface area (Å²) in [6.07, 6.45) is 8.31. The Hall–Kier alpha value is -1.10. The lowest BCUT2D eigenvalue weighted by Gasteiger charge is -2.36. The number of carboxylic acid groups (broad SMARTS) is 1. The van der Waals surface area contributed by atoms with Gasteiger partial charge in [-0.1, -0.05) is 25.7 Å². The molecule has 2 N–H and O–H groups in total. The normalized spacial score (nSPS) is 28.8. The van der Waals surface area contributed by atoms with Gasteiger partial charge in [-0.05, 0) is 32.1 Å². The van der Waals surface area contributed by atoms with Crippen LogP contribution < -0.4 is 5.32 Å². The molecule has 0 aromatic carbocycles. The van der Waals surface area contributed by atoms with Gasteiger partial charge < -0.3 is 15.2 Å². The molecule has 0 aromatic heterocycles. The number of carboxylic acids is 1. The van der Waals surface area contributed by atoms with E-state index in [2.05, 4.69) is 5.32 Å². The van der Waals surface area contributed by atoms with Gasteiger partial charge in [0.1, 0.15) is 0 Å². The van der Waals surface area contributed by atoms with Crippen LogP contribution in [-0.4, -0.2) is 36.2 Å². The zero-order valence-electron chi connectivity index (χ0n) is 12.9. The topological polar surface area (TPSA) is 75.6 Å². The maximum absolute atomic E-state index is 12.3. The summed E-state index contributed by atoms with van der Waals surface area (Å²) < 4.78 is 5.67. The minimum absolute atomic E-state index is 0.00273. The average molecular weight is 297 g/mol. The van der Waals surface area contributed by atoms with Gasteiger partial charge in [0.25, 0.3) is 0 Å². The number of aliphatic carboxylic acids is 1. The molecular weight excluding hydrogens is 270 g/mol. The molecule has 2 fully saturated rings. The molecule has 2 atom stereocenters. The summed E-state index contributed by atoms with van der Waals surface area (Å²) in [6, 6.07) is 0. The highest BCUT2D eigenvalue weighted by Gasteiger charge is 2.35. The third kappa shape index (κ3) is 4.19. The Morgan fingerprint density at radius 1 is 1.14 bits per heavy atom. The lowest BCUT2D eigenvalue weighted by Crippen LogP contribution is -2.47. The van der Waals surface area contributed by atoms with Crippen LogP contribution in [0.2, 0.25) is 0 Å². The fraction of sp³-hybridized carbons (Fsp3) is 0.875. The van der Waals surface area contributed by atoms with E-state index >= 15 is 0 Å². The lowest BCUT2D eigenvalue weighted by molar-refractivity contribution is -0.144. The summed E-state index contributed by atoms with van der Waals surface area (Å²) in [5.41, 5.74) is -0.214. The molecule has 0 radical (unpaired) electrons. The molecule has 2 rings (SSSR count). The first-order chi connectivity index (χ1) is 10.1. The first kappa shape index (κ1) is 16.3. The van der Waals surface area contributed by atoms with Crippen LogP contribution in [0.25, 0.3) is 0 Å². The number of ether oxygens (including phenoxy) is 1. The van der Waals surface area contributed by atoms with Crippen molar-refractivity contribution in [2.24, 2.45) is 11.8 Å². The van der Waals surface area contributed by atoms with Crippen molar-refractivity contribution in [3.05, 3.63) is 0 Å². The van der Waals surface area contributed by atoms with Crippen molar-refractivity contribution < 1.29 is 19.4 Å². The van der Waals surface area contributed by atoms with Gasteiger partial charge in [-0.25, -0.2) is 0 Å². The predicted octanol–water partition coefficient (Wildman–Crippen LogP) is 2.34. The number of hydrogen-bond acceptors (Lipinski definition) is 3. The molecule has 21 heavy (non-hydrogen) atoms. The number of rotatable bonds is 5. The molecule has 0 spiro atoms. The summed E-state index contributed by atoms with van der Waals surface area (Å²) in [5.74, 6) is -1.28. The molecular formula is C16H27NO4. The number of carbonyl (C=O) groups excluding carboxylic acids is 1. The molecule has 2 saturated carbocycles. The lowest BCUT2D eigenvalue weighted by atomic mass is 9.80. The fourth-order valence-electron chi connectivity index (χ4n) is 3.69. The number of nitrogens with one attached hydrogen (secondary N) is 1. The van der Waals surface area contributed by atoms with Crippen molar-refractivity contribution in [1.82, 2.24) is 5.32 Å². The maximum Gasteiger partial charge on any atom is 0.306 e. The van der Waals surface area contributed by atoms with Gasteiger partial charge in [0, 0.05) is 19.6 Å². The number of hydrogen-bond donors (Lipinski definition) is 2. The number of amides is 1. The molecule has 2 aliphatic rings. The highest BCUT2D eigenvalue weighted by atomic mass is 16.5. The first-order valence-corrected chi connectivity index (χ1v) is 8.12. The molecule has 0 aliphatic heterocycles. The molecule has 5 nitrogen and oxygen atoms in total. The zero-order valence-corrected chi connectivity index (χ0v) is 12.9. The van der Waals surface area contributed by atoms with E-state index in [4.69, 9.17) is 9.84 Å². The largest absolute Gasteiger partial charge is 0.481 e. The second kappa shape index (κ2) is 7.25. The fourth-order valence-corrected chi connectivity index (χ4v) is 3.69. The SMILES string of the molecule is COC1(CNC(=O)C2CCCC(C(=O)O)C2)CCCCC1. The van der Waals surface area contributed by atoms with E-state index < -0.39 is 5.97 Å². The van der Waals surface area contributed by atoms with Crippen LogP contribution in [0.4, 0.5) is 0 Å². The van der Waals surface area contributed by atoms with Crippen molar-refractivity contribution in [1.29, 1.82) is 0 Å². The van der Waals surface area contributed by atoms with Crippen LogP contribution in [0.3, 0.4) is 0 Å². The van der Waals surface area contributed by atoms with Crippen molar-refractivity contribution in [2.45, 2.75) is 63.4 Å². The van der Waals surface area contributed by atoms with E-state index in [1.165, 1.54) is 6.42 Å². The van der Waals surface area contributed by atoms with Crippen LogP contribution in [0.5, 0.6) is 0 Å². The van der Waals surface area contributed by atoms with Gasteiger partial charge in [-0.2, -0.15) is 0 Å². The van der Waals surface area contributed by atoms with E-state index in [0.717, 1.165) is 38.5 Å². The Labute approximate surface area is 126 Å². The molecule has 0 aromatic rings. The van der Waals surface area contributed by atoms with Gasteiger partial charge in [0.05, 0.1) is 11.5 Å². The van der Waals surface area contributed by atoms with Gasteiger partial charge in [0.15, 0.2) is 0 Å². The Morgan fingerprint density at radius 3 is 2.43 bits per heavy atom. The van der Waals surface area contributed by atoms with Crippen molar-refractivity contribution in [3.63, 3.8) is 0 Å². The summed E-state index contributed by atoms with van der Waals surface area (Å²) in [7, 11) is 1.72. The quantitative estimate of drug-likeness (QED) is 0.816. The second-order valence-electron chi connectivity index (χ2n) is 6.56. The van der Waals surface area contributed by atoms with Gasteiger partial charge in [-0.15, -0.1) is 0 Å². The predicted molar refractivity (Wildman–Crippen MR) is 78.9 cm³/mol. The van der Waals surface area contributed by atoms with E-state index in [9.17, 15) is 9.59 Å². The third-order valence-corrected chi connectivity index (χ3v) is 5.18. The summed E-state index contributed by atoms with van der Waals surface area (Å²) in [4.78, 5) is 23.4. The Balaban J connectivity index is 1.84. The molecule has 5 heteroatoms. The highest BCUT2D eigenvalue weighted by molar-refractivity contribution is 5.80. The molecule has 0 saturated heterocycles. The molecule has 0 bridgehead atoms. The van der Waals surface area contributed by atoms with Gasteiger partial charge >= 0.3 is 5.97 Å². The summed E-state index contributed by atoms with van der Waals surface area (Å²) in [5, 5.41) is 12.1. The van der Waals surface area contributed by atoms with Crippen LogP contribution in [-0.2, 0) is 14.3 Å². The minimum atomic E-state index is -0.770. The first-order valence-electron chi connectivity index (χ1n) is 8.12. The van der Waals surface area contributed by atoms with Crippen molar-refractivity contribution in [2.75, 3.05) is 13.7 Å². The maximum atomic E-state index is 12.3. The van der Waals surface area contributed by atoms with Crippen molar-refractivity contribution in [3.8, 4) is 0 Å². The van der Waals surface area contributed by atoms with Gasteiger partial charge in [-0.3, -0.25) is 9.59 Å². The Kier molecular flexibility index (Phi) is 5.62. The molecule has 0 heterocycles.